The quantitative estimate of drug-likeness (QED) is 0.764. The van der Waals surface area contributed by atoms with Crippen molar-refractivity contribution in [3.63, 3.8) is 0 Å². The fraction of sp³-hybridized carbons (Fsp3) is 0.316. The van der Waals surface area contributed by atoms with E-state index < -0.39 is 23.9 Å². The Hall–Kier alpha value is -2.87. The summed E-state index contributed by atoms with van der Waals surface area (Å²) in [5, 5.41) is 14.0. The molecule has 1 aromatic heterocycles. The molecule has 1 atom stereocenters. The van der Waals surface area contributed by atoms with E-state index in [1.54, 1.807) is 12.3 Å². The summed E-state index contributed by atoms with van der Waals surface area (Å²) < 4.78 is 5.17. The van der Waals surface area contributed by atoms with E-state index in [1.807, 2.05) is 30.3 Å². The molecule has 0 aliphatic carbocycles. The molecule has 7 nitrogen and oxygen atoms in total. The van der Waals surface area contributed by atoms with Crippen LogP contribution in [0.25, 0.3) is 11.1 Å². The van der Waals surface area contributed by atoms with Crippen LogP contribution in [-0.2, 0) is 9.53 Å². The van der Waals surface area contributed by atoms with Gasteiger partial charge in [0.25, 0.3) is 0 Å². The Kier molecular flexibility index (Phi) is 5.75. The number of thiophene rings is 1. The van der Waals surface area contributed by atoms with E-state index in [0.29, 0.717) is 29.1 Å². The van der Waals surface area contributed by atoms with Crippen LogP contribution in [0, 0.1) is 5.92 Å². The number of anilines is 1. The molecular weight excluding hydrogens is 368 g/mol. The van der Waals surface area contributed by atoms with Gasteiger partial charge in [0.05, 0.1) is 12.5 Å². The number of likely N-dealkylation sites (tertiary alicyclic amines) is 1. The number of urea groups is 1. The number of esters is 1. The average Bonchev–Trinajstić information content (AvgIpc) is 3.30. The van der Waals surface area contributed by atoms with Crippen LogP contribution in [0.5, 0.6) is 0 Å². The van der Waals surface area contributed by atoms with Gasteiger partial charge in [-0.25, -0.2) is 9.59 Å². The molecule has 27 heavy (non-hydrogen) atoms. The number of ether oxygens (including phenoxy) is 1. The summed E-state index contributed by atoms with van der Waals surface area (Å²) in [6.07, 6.45) is 0.424. The number of hydrogen-bond donors (Lipinski definition) is 2. The fourth-order valence-electron chi connectivity index (χ4n) is 3.01. The van der Waals surface area contributed by atoms with E-state index >= 15 is 0 Å². The first-order valence-electron chi connectivity index (χ1n) is 8.64. The monoisotopic (exact) mass is 388 g/mol. The molecule has 2 heterocycles. The van der Waals surface area contributed by atoms with Gasteiger partial charge in [0.1, 0.15) is 10.6 Å². The fourth-order valence-corrected chi connectivity index (χ4v) is 3.96. The molecule has 142 valence electrons. The Morgan fingerprint density at radius 3 is 2.67 bits per heavy atom. The molecule has 3 rings (SSSR count). The molecule has 0 bridgehead atoms. The number of carbonyl (C=O) groups excluding carboxylic acids is 2. The summed E-state index contributed by atoms with van der Waals surface area (Å²) in [6.45, 7) is 2.48. The number of nitrogens with one attached hydrogen (secondary N) is 1. The van der Waals surface area contributed by atoms with Crippen molar-refractivity contribution >= 4 is 34.3 Å². The maximum absolute atomic E-state index is 12.5. The highest BCUT2D eigenvalue weighted by Gasteiger charge is 2.32. The Labute approximate surface area is 160 Å². The summed E-state index contributed by atoms with van der Waals surface area (Å²) in [4.78, 5) is 37.6. The first kappa shape index (κ1) is 18.9. The minimum Gasteiger partial charge on any atom is -0.481 e. The Balaban J connectivity index is 1.85. The minimum atomic E-state index is -0.903. The second kappa shape index (κ2) is 8.22. The van der Waals surface area contributed by atoms with Gasteiger partial charge in [0.15, 0.2) is 0 Å². The Morgan fingerprint density at radius 1 is 1.30 bits per heavy atom. The van der Waals surface area contributed by atoms with Crippen LogP contribution in [0.15, 0.2) is 35.7 Å². The highest BCUT2D eigenvalue weighted by molar-refractivity contribution is 7.15. The molecule has 2 N–H and O–H groups in total. The van der Waals surface area contributed by atoms with Crippen molar-refractivity contribution in [2.45, 2.75) is 13.3 Å². The molecule has 1 fully saturated rings. The van der Waals surface area contributed by atoms with Crippen molar-refractivity contribution in [3.8, 4) is 11.1 Å². The van der Waals surface area contributed by atoms with Gasteiger partial charge in [-0.1, -0.05) is 30.3 Å². The van der Waals surface area contributed by atoms with Gasteiger partial charge in [-0.15, -0.1) is 11.3 Å². The topological polar surface area (TPSA) is 95.9 Å². The lowest BCUT2D eigenvalue weighted by Crippen LogP contribution is -2.34. The maximum Gasteiger partial charge on any atom is 0.341 e. The predicted octanol–water partition coefficient (Wildman–Crippen LogP) is 3.53. The average molecular weight is 388 g/mol. The Bertz CT molecular complexity index is 849. The van der Waals surface area contributed by atoms with Gasteiger partial charge in [-0.05, 0) is 18.9 Å². The number of hydrogen-bond acceptors (Lipinski definition) is 5. The highest BCUT2D eigenvalue weighted by atomic mass is 32.1. The lowest BCUT2D eigenvalue weighted by molar-refractivity contribution is -0.141. The van der Waals surface area contributed by atoms with Crippen molar-refractivity contribution in [1.29, 1.82) is 0 Å². The van der Waals surface area contributed by atoms with E-state index in [-0.39, 0.29) is 13.2 Å². The molecule has 2 aromatic rings. The second-order valence-electron chi connectivity index (χ2n) is 6.14. The van der Waals surface area contributed by atoms with Gasteiger partial charge in [0, 0.05) is 24.0 Å². The normalized spacial score (nSPS) is 16.2. The molecule has 2 amide bonds. The van der Waals surface area contributed by atoms with Crippen molar-refractivity contribution in [1.82, 2.24) is 4.90 Å². The summed E-state index contributed by atoms with van der Waals surface area (Å²) in [6, 6.07) is 8.98. The van der Waals surface area contributed by atoms with Gasteiger partial charge < -0.3 is 14.7 Å². The summed E-state index contributed by atoms with van der Waals surface area (Å²) in [5.41, 5.74) is 1.86. The van der Waals surface area contributed by atoms with Gasteiger partial charge in [-0.2, -0.15) is 0 Å². The van der Waals surface area contributed by atoms with E-state index in [1.165, 1.54) is 16.2 Å². The number of carbonyl (C=O) groups is 3. The van der Waals surface area contributed by atoms with Gasteiger partial charge in [-0.3, -0.25) is 10.1 Å². The van der Waals surface area contributed by atoms with E-state index in [4.69, 9.17) is 9.84 Å². The Morgan fingerprint density at radius 2 is 2.04 bits per heavy atom. The maximum atomic E-state index is 12.5. The summed E-state index contributed by atoms with van der Waals surface area (Å²) >= 11 is 1.24. The van der Waals surface area contributed by atoms with E-state index in [9.17, 15) is 14.4 Å². The lowest BCUT2D eigenvalue weighted by Gasteiger charge is -2.17. The van der Waals surface area contributed by atoms with Gasteiger partial charge >= 0.3 is 18.0 Å². The third-order valence-corrected chi connectivity index (χ3v) is 5.30. The molecule has 1 aliphatic heterocycles. The first-order chi connectivity index (χ1) is 13.0. The standard InChI is InChI=1S/C19H20N2O5S/c1-2-26-18(24)15-14(12-6-4-3-5-7-12)11-27-16(15)20-19(25)21-9-8-13(10-21)17(22)23/h3-7,11,13H,2,8-10H2,1H3,(H,20,25)(H,22,23). The van der Waals surface area contributed by atoms with E-state index in [2.05, 4.69) is 5.32 Å². The molecule has 0 radical (unpaired) electrons. The zero-order valence-corrected chi connectivity index (χ0v) is 15.6. The van der Waals surface area contributed by atoms with Crippen LogP contribution < -0.4 is 5.32 Å². The number of amides is 2. The zero-order chi connectivity index (χ0) is 19.4. The number of carboxylic acids is 1. The summed E-state index contributed by atoms with van der Waals surface area (Å²) in [5.74, 6) is -1.96. The number of carboxylic acid groups (broad SMARTS) is 1. The molecule has 1 aromatic carbocycles. The minimum absolute atomic E-state index is 0.160. The second-order valence-corrected chi connectivity index (χ2v) is 7.02. The third-order valence-electron chi connectivity index (χ3n) is 4.40. The van der Waals surface area contributed by atoms with E-state index in [0.717, 1.165) is 5.56 Å². The number of aliphatic carboxylic acids is 1. The number of nitrogens with zero attached hydrogens (tertiary/aromatic N) is 1. The third kappa shape index (κ3) is 4.11. The number of rotatable bonds is 5. The van der Waals surface area contributed by atoms with Crippen LogP contribution in [0.2, 0.25) is 0 Å². The zero-order valence-electron chi connectivity index (χ0n) is 14.8. The molecule has 1 aliphatic rings. The van der Waals surface area contributed by atoms with Crippen LogP contribution in [-0.4, -0.2) is 47.7 Å². The van der Waals surface area contributed by atoms with Crippen LogP contribution in [0.3, 0.4) is 0 Å². The van der Waals surface area contributed by atoms with Crippen molar-refractivity contribution in [3.05, 3.63) is 41.3 Å². The van der Waals surface area contributed by atoms with Crippen molar-refractivity contribution in [2.75, 3.05) is 25.0 Å². The smallest absolute Gasteiger partial charge is 0.341 e. The van der Waals surface area contributed by atoms with Crippen LogP contribution in [0.4, 0.5) is 9.80 Å². The van der Waals surface area contributed by atoms with Crippen molar-refractivity contribution < 1.29 is 24.2 Å². The van der Waals surface area contributed by atoms with Crippen LogP contribution in [0.1, 0.15) is 23.7 Å². The molecule has 0 saturated carbocycles. The predicted molar refractivity (Wildman–Crippen MR) is 102 cm³/mol. The largest absolute Gasteiger partial charge is 0.481 e. The first-order valence-corrected chi connectivity index (χ1v) is 9.52. The van der Waals surface area contributed by atoms with Crippen molar-refractivity contribution in [2.24, 2.45) is 5.92 Å². The lowest BCUT2D eigenvalue weighted by atomic mass is 10.0. The molecule has 8 heteroatoms. The SMILES string of the molecule is CCOC(=O)c1c(-c2ccccc2)csc1NC(=O)N1CCC(C(=O)O)C1. The molecular formula is C19H20N2O5S. The highest BCUT2D eigenvalue weighted by Crippen LogP contribution is 2.36. The molecule has 1 saturated heterocycles. The van der Waals surface area contributed by atoms with Crippen LogP contribution >= 0.6 is 11.3 Å². The summed E-state index contributed by atoms with van der Waals surface area (Å²) in [7, 11) is 0. The number of benzene rings is 1. The molecule has 1 unspecified atom stereocenters. The molecule has 0 spiro atoms. The van der Waals surface area contributed by atoms with Gasteiger partial charge in [0.2, 0.25) is 0 Å².